The van der Waals surface area contributed by atoms with Crippen LogP contribution < -0.4 is 5.73 Å². The molecule has 10 heteroatoms. The summed E-state index contributed by atoms with van der Waals surface area (Å²) in [6.45, 7) is 0. The standard InChI is InChI=1S/C8H12N5O4P/c1-17-5(18(14,15)16)2-4-12-7(9)6-8(13-4)11-3-10-6/h3,5H,2H2,1H3,(H2,14,15,16)(H3,9,10,11,12,13). The van der Waals surface area contributed by atoms with Gasteiger partial charge in [-0.25, -0.2) is 15.0 Å². The molecule has 0 spiro atoms. The highest BCUT2D eigenvalue weighted by atomic mass is 31.2. The molecule has 0 saturated heterocycles. The van der Waals surface area contributed by atoms with Gasteiger partial charge in [-0.2, -0.15) is 0 Å². The predicted octanol–water partition coefficient (Wildman–Crippen LogP) is -0.372. The molecule has 9 nitrogen and oxygen atoms in total. The number of hydrogen-bond donors (Lipinski definition) is 4. The lowest BCUT2D eigenvalue weighted by molar-refractivity contribution is 0.134. The van der Waals surface area contributed by atoms with Crippen molar-refractivity contribution in [2.24, 2.45) is 0 Å². The molecule has 0 aliphatic rings. The van der Waals surface area contributed by atoms with E-state index in [0.717, 1.165) is 0 Å². The largest absolute Gasteiger partial charge is 0.382 e. The van der Waals surface area contributed by atoms with Gasteiger partial charge in [0.05, 0.1) is 6.33 Å². The minimum Gasteiger partial charge on any atom is -0.382 e. The van der Waals surface area contributed by atoms with Gasteiger partial charge in [-0.3, -0.25) is 4.57 Å². The van der Waals surface area contributed by atoms with Crippen LogP contribution in [0, 0.1) is 0 Å². The Morgan fingerprint density at radius 2 is 2.28 bits per heavy atom. The Hall–Kier alpha value is -1.54. The normalized spacial score (nSPS) is 13.9. The minimum atomic E-state index is -4.37. The molecule has 1 unspecified atom stereocenters. The Balaban J connectivity index is 2.34. The number of methoxy groups -OCH3 is 1. The van der Waals surface area contributed by atoms with Gasteiger partial charge in [-0.05, 0) is 0 Å². The van der Waals surface area contributed by atoms with Gasteiger partial charge in [0.1, 0.15) is 11.3 Å². The molecule has 0 amide bonds. The van der Waals surface area contributed by atoms with Crippen molar-refractivity contribution in [3.8, 4) is 0 Å². The number of nitrogens with zero attached hydrogens (tertiary/aromatic N) is 3. The van der Waals surface area contributed by atoms with Crippen LogP contribution in [0.4, 0.5) is 5.82 Å². The average Bonchev–Trinajstić information content (AvgIpc) is 2.72. The fourth-order valence-electron chi connectivity index (χ4n) is 1.49. The number of aromatic nitrogens is 4. The van der Waals surface area contributed by atoms with E-state index in [1.807, 2.05) is 0 Å². The van der Waals surface area contributed by atoms with Crippen LogP contribution in [0.1, 0.15) is 5.82 Å². The van der Waals surface area contributed by atoms with E-state index >= 15 is 0 Å². The first-order chi connectivity index (χ1) is 8.41. The van der Waals surface area contributed by atoms with Crippen molar-refractivity contribution in [1.29, 1.82) is 0 Å². The summed E-state index contributed by atoms with van der Waals surface area (Å²) in [6, 6.07) is 0. The number of nitrogen functional groups attached to an aromatic ring is 1. The highest BCUT2D eigenvalue weighted by Crippen LogP contribution is 2.42. The molecule has 2 rings (SSSR count). The molecule has 0 bridgehead atoms. The second-order valence-corrected chi connectivity index (χ2v) is 5.36. The second kappa shape index (κ2) is 4.62. The van der Waals surface area contributed by atoms with E-state index in [9.17, 15) is 4.57 Å². The minimum absolute atomic E-state index is 0.145. The van der Waals surface area contributed by atoms with Crippen molar-refractivity contribution in [1.82, 2.24) is 19.9 Å². The van der Waals surface area contributed by atoms with E-state index in [1.165, 1.54) is 13.4 Å². The molecule has 2 aromatic heterocycles. The zero-order valence-electron chi connectivity index (χ0n) is 9.44. The first-order valence-electron chi connectivity index (χ1n) is 4.95. The van der Waals surface area contributed by atoms with Gasteiger partial charge in [0.25, 0.3) is 0 Å². The van der Waals surface area contributed by atoms with Crippen molar-refractivity contribution in [3.63, 3.8) is 0 Å². The van der Waals surface area contributed by atoms with E-state index in [1.54, 1.807) is 0 Å². The number of anilines is 1. The summed E-state index contributed by atoms with van der Waals surface area (Å²) < 4.78 is 15.9. The lowest BCUT2D eigenvalue weighted by atomic mass is 10.4. The van der Waals surface area contributed by atoms with Crippen molar-refractivity contribution in [2.75, 3.05) is 12.8 Å². The van der Waals surface area contributed by atoms with E-state index in [-0.39, 0.29) is 18.1 Å². The van der Waals surface area contributed by atoms with Crippen LogP contribution in [0.3, 0.4) is 0 Å². The second-order valence-electron chi connectivity index (χ2n) is 3.61. The van der Waals surface area contributed by atoms with Crippen LogP contribution in [0.5, 0.6) is 0 Å². The molecule has 5 N–H and O–H groups in total. The SMILES string of the molecule is COC(Cc1nc(N)c2[nH]cnc2n1)P(=O)(O)O. The zero-order chi connectivity index (χ0) is 13.3. The topological polar surface area (TPSA) is 147 Å². The molecule has 0 aromatic carbocycles. The average molecular weight is 273 g/mol. The van der Waals surface area contributed by atoms with Crippen molar-refractivity contribution >= 4 is 24.6 Å². The maximum Gasteiger partial charge on any atom is 0.354 e. The predicted molar refractivity (Wildman–Crippen MR) is 62.6 cm³/mol. The lowest BCUT2D eigenvalue weighted by Gasteiger charge is -2.15. The van der Waals surface area contributed by atoms with Crippen LogP contribution >= 0.6 is 7.60 Å². The number of aromatic amines is 1. The van der Waals surface area contributed by atoms with Crippen LogP contribution in [0.25, 0.3) is 11.2 Å². The number of fused-ring (bicyclic) bond motifs is 1. The van der Waals surface area contributed by atoms with E-state index in [4.69, 9.17) is 20.3 Å². The summed E-state index contributed by atoms with van der Waals surface area (Å²) in [4.78, 5) is 32.8. The van der Waals surface area contributed by atoms with Gasteiger partial charge in [0, 0.05) is 13.5 Å². The smallest absolute Gasteiger partial charge is 0.354 e. The molecule has 98 valence electrons. The maximum atomic E-state index is 11.1. The number of hydrogen-bond acceptors (Lipinski definition) is 6. The summed E-state index contributed by atoms with van der Waals surface area (Å²) in [6.07, 6.45) is 1.27. The van der Waals surface area contributed by atoms with E-state index < -0.39 is 13.4 Å². The fraction of sp³-hybridized carbons (Fsp3) is 0.375. The molecule has 0 radical (unpaired) electrons. The van der Waals surface area contributed by atoms with E-state index in [2.05, 4.69) is 19.9 Å². The highest BCUT2D eigenvalue weighted by molar-refractivity contribution is 7.52. The molecular formula is C8H12N5O4P. The summed E-state index contributed by atoms with van der Waals surface area (Å²) in [5.74, 6) is -0.955. The van der Waals surface area contributed by atoms with Gasteiger partial charge in [0.2, 0.25) is 0 Å². The van der Waals surface area contributed by atoms with E-state index in [0.29, 0.717) is 11.2 Å². The lowest BCUT2D eigenvalue weighted by Crippen LogP contribution is -2.16. The van der Waals surface area contributed by atoms with Crippen LogP contribution in [0.2, 0.25) is 0 Å². The number of imidazole rings is 1. The Morgan fingerprint density at radius 1 is 1.56 bits per heavy atom. The Labute approximate surface area is 102 Å². The summed E-state index contributed by atoms with van der Waals surface area (Å²) in [5.41, 5.74) is 6.51. The van der Waals surface area contributed by atoms with Crippen LogP contribution in [-0.4, -0.2) is 42.7 Å². The molecule has 18 heavy (non-hydrogen) atoms. The monoisotopic (exact) mass is 273 g/mol. The van der Waals surface area contributed by atoms with Crippen molar-refractivity contribution in [2.45, 2.75) is 12.3 Å². The first kappa shape index (κ1) is 12.9. The Bertz CT molecular complexity index is 609. The molecule has 1 atom stereocenters. The number of nitrogens with two attached hydrogens (primary N) is 1. The van der Waals surface area contributed by atoms with Crippen molar-refractivity contribution < 1.29 is 19.1 Å². The number of ether oxygens (including phenoxy) is 1. The molecule has 0 fully saturated rings. The third-order valence-corrected chi connectivity index (χ3v) is 3.51. The fourth-order valence-corrected chi connectivity index (χ4v) is 2.17. The molecule has 0 saturated carbocycles. The van der Waals surface area contributed by atoms with Gasteiger partial charge in [0.15, 0.2) is 17.3 Å². The highest BCUT2D eigenvalue weighted by Gasteiger charge is 2.30. The maximum absolute atomic E-state index is 11.1. The zero-order valence-corrected chi connectivity index (χ0v) is 10.3. The number of rotatable bonds is 4. The molecule has 0 aliphatic carbocycles. The van der Waals surface area contributed by atoms with Gasteiger partial charge >= 0.3 is 7.60 Å². The van der Waals surface area contributed by atoms with Gasteiger partial charge in [-0.1, -0.05) is 0 Å². The summed E-state index contributed by atoms with van der Waals surface area (Å²) in [7, 11) is -3.16. The number of nitrogens with one attached hydrogen (secondary N) is 1. The molecule has 2 heterocycles. The third-order valence-electron chi connectivity index (χ3n) is 2.36. The van der Waals surface area contributed by atoms with Crippen LogP contribution in [0.15, 0.2) is 6.33 Å². The van der Waals surface area contributed by atoms with Crippen LogP contribution in [-0.2, 0) is 15.7 Å². The Morgan fingerprint density at radius 3 is 2.89 bits per heavy atom. The molecule has 2 aromatic rings. The quantitative estimate of drug-likeness (QED) is 0.551. The number of H-pyrrole nitrogens is 1. The third kappa shape index (κ3) is 2.49. The Kier molecular flexibility index (Phi) is 3.31. The van der Waals surface area contributed by atoms with Gasteiger partial charge < -0.3 is 25.2 Å². The summed E-state index contributed by atoms with van der Waals surface area (Å²) >= 11 is 0. The summed E-state index contributed by atoms with van der Waals surface area (Å²) in [5, 5.41) is 0. The van der Waals surface area contributed by atoms with Crippen molar-refractivity contribution in [3.05, 3.63) is 12.2 Å². The molecular weight excluding hydrogens is 261 g/mol. The van der Waals surface area contributed by atoms with Gasteiger partial charge in [-0.15, -0.1) is 0 Å². The first-order valence-corrected chi connectivity index (χ1v) is 6.63. The molecule has 0 aliphatic heterocycles.